The van der Waals surface area contributed by atoms with Crippen LogP contribution in [0, 0.1) is 17.1 Å². The van der Waals surface area contributed by atoms with E-state index in [1.165, 1.54) is 35.0 Å². The number of hydrogen-bond acceptors (Lipinski definition) is 4. The second-order valence-corrected chi connectivity index (χ2v) is 6.55. The second kappa shape index (κ2) is 6.90. The van der Waals surface area contributed by atoms with E-state index in [2.05, 4.69) is 10.1 Å². The van der Waals surface area contributed by atoms with Crippen molar-refractivity contribution in [3.05, 3.63) is 70.4 Å². The average molecular weight is 421 g/mol. The highest BCUT2D eigenvalue weighted by molar-refractivity contribution is 6.30. The molecule has 0 amide bonds. The normalized spacial score (nSPS) is 11.7. The van der Waals surface area contributed by atoms with Gasteiger partial charge in [-0.05, 0) is 36.4 Å². The molecule has 0 saturated carbocycles. The number of aromatic nitrogens is 3. The average Bonchev–Trinajstić information content (AvgIpc) is 3.29. The number of halogens is 5. The summed E-state index contributed by atoms with van der Waals surface area (Å²) in [5, 5.41) is 12.9. The quantitative estimate of drug-likeness (QED) is 0.415. The molecule has 4 aromatic rings. The number of nitrogens with zero attached hydrogens (tertiary/aromatic N) is 4. The van der Waals surface area contributed by atoms with Crippen LogP contribution in [0.3, 0.4) is 0 Å². The molecule has 2 heterocycles. The summed E-state index contributed by atoms with van der Waals surface area (Å²) in [6.07, 6.45) is -3.25. The van der Waals surface area contributed by atoms with Crippen LogP contribution in [0.25, 0.3) is 22.4 Å². The monoisotopic (exact) mass is 420 g/mol. The Hall–Kier alpha value is -3.38. The molecule has 2 aromatic heterocycles. The van der Waals surface area contributed by atoms with Gasteiger partial charge in [-0.15, -0.1) is 0 Å². The lowest BCUT2D eigenvalue weighted by atomic mass is 10.0. The molecule has 0 fully saturated rings. The molecule has 0 aliphatic carbocycles. The van der Waals surface area contributed by atoms with E-state index in [1.54, 1.807) is 6.07 Å². The van der Waals surface area contributed by atoms with Crippen molar-refractivity contribution in [3.8, 4) is 17.5 Å². The zero-order valence-electron chi connectivity index (χ0n) is 14.3. The van der Waals surface area contributed by atoms with E-state index in [0.29, 0.717) is 0 Å². The van der Waals surface area contributed by atoms with Crippen LogP contribution in [0.2, 0.25) is 5.02 Å². The van der Waals surface area contributed by atoms with Crippen LogP contribution in [0.4, 0.5) is 17.6 Å². The van der Waals surface area contributed by atoms with Crippen molar-refractivity contribution in [2.75, 3.05) is 0 Å². The third kappa shape index (κ3) is 3.43. The molecule has 0 saturated heterocycles. The Balaban J connectivity index is 1.72. The Labute approximate surface area is 165 Å². The standard InChI is InChI=1S/C19H9ClF4N4O/c20-11-2-3-14(21)13(7-11)18-26-16(27-29-18)9-28-6-5-12-15(28)4-1-10(8-25)17(12)19(22,23)24/h1-7H,9H2. The first-order valence-electron chi connectivity index (χ1n) is 8.15. The van der Waals surface area contributed by atoms with E-state index in [0.717, 1.165) is 12.1 Å². The highest BCUT2D eigenvalue weighted by Crippen LogP contribution is 2.37. The Morgan fingerprint density at radius 3 is 2.69 bits per heavy atom. The summed E-state index contributed by atoms with van der Waals surface area (Å²) in [6, 6.07) is 9.24. The van der Waals surface area contributed by atoms with Gasteiger partial charge in [-0.1, -0.05) is 16.8 Å². The fraction of sp³-hybridized carbons (Fsp3) is 0.105. The van der Waals surface area contributed by atoms with Crippen LogP contribution in [0.5, 0.6) is 0 Å². The minimum Gasteiger partial charge on any atom is -0.340 e. The van der Waals surface area contributed by atoms with E-state index < -0.39 is 23.1 Å². The Bertz CT molecular complexity index is 1270. The molecular formula is C19H9ClF4N4O. The van der Waals surface area contributed by atoms with Crippen molar-refractivity contribution in [3.63, 3.8) is 0 Å². The zero-order chi connectivity index (χ0) is 20.8. The molecule has 0 N–H and O–H groups in total. The summed E-state index contributed by atoms with van der Waals surface area (Å²) < 4.78 is 60.7. The molecule has 29 heavy (non-hydrogen) atoms. The van der Waals surface area contributed by atoms with Crippen LogP contribution in [-0.2, 0) is 12.7 Å². The molecule has 4 rings (SSSR count). The first kappa shape index (κ1) is 19.0. The van der Waals surface area contributed by atoms with Crippen molar-refractivity contribution < 1.29 is 22.1 Å². The smallest absolute Gasteiger partial charge is 0.340 e. The number of rotatable bonds is 3. The molecule has 0 aliphatic rings. The topological polar surface area (TPSA) is 67.6 Å². The van der Waals surface area contributed by atoms with Gasteiger partial charge in [0.25, 0.3) is 5.89 Å². The molecule has 0 bridgehead atoms. The van der Waals surface area contributed by atoms with Gasteiger partial charge in [0.05, 0.1) is 29.3 Å². The van der Waals surface area contributed by atoms with E-state index in [1.807, 2.05) is 0 Å². The molecule has 0 radical (unpaired) electrons. The summed E-state index contributed by atoms with van der Waals surface area (Å²) >= 11 is 5.85. The van der Waals surface area contributed by atoms with Crippen molar-refractivity contribution >= 4 is 22.5 Å². The van der Waals surface area contributed by atoms with Gasteiger partial charge in [-0.3, -0.25) is 0 Å². The lowest BCUT2D eigenvalue weighted by Gasteiger charge is -2.11. The van der Waals surface area contributed by atoms with Gasteiger partial charge < -0.3 is 9.09 Å². The predicted octanol–water partition coefficient (Wildman–Crippen LogP) is 5.42. The molecule has 2 aromatic carbocycles. The van der Waals surface area contributed by atoms with Crippen LogP contribution >= 0.6 is 11.6 Å². The molecule has 0 atom stereocenters. The summed E-state index contributed by atoms with van der Waals surface area (Å²) in [5.74, 6) is -0.566. The van der Waals surface area contributed by atoms with E-state index in [4.69, 9.17) is 21.4 Å². The van der Waals surface area contributed by atoms with Gasteiger partial charge in [-0.25, -0.2) is 4.39 Å². The number of hydrogen-bond donors (Lipinski definition) is 0. The molecule has 0 spiro atoms. The van der Waals surface area contributed by atoms with Gasteiger partial charge in [0.2, 0.25) is 0 Å². The van der Waals surface area contributed by atoms with E-state index >= 15 is 0 Å². The molecule has 0 aliphatic heterocycles. The third-order valence-corrected chi connectivity index (χ3v) is 4.53. The van der Waals surface area contributed by atoms with E-state index in [9.17, 15) is 17.6 Å². The molecule has 5 nitrogen and oxygen atoms in total. The first-order chi connectivity index (χ1) is 13.8. The molecular weight excluding hydrogens is 412 g/mol. The van der Waals surface area contributed by atoms with Crippen molar-refractivity contribution in [1.82, 2.24) is 14.7 Å². The van der Waals surface area contributed by atoms with Gasteiger partial charge >= 0.3 is 6.18 Å². The highest BCUT2D eigenvalue weighted by atomic mass is 35.5. The maximum atomic E-state index is 14.0. The summed E-state index contributed by atoms with van der Waals surface area (Å²) in [5.41, 5.74) is -1.18. The number of benzene rings is 2. The molecule has 10 heteroatoms. The summed E-state index contributed by atoms with van der Waals surface area (Å²) in [6.45, 7) is -0.0155. The Kier molecular flexibility index (Phi) is 4.51. The van der Waals surface area contributed by atoms with Crippen molar-refractivity contribution in [2.45, 2.75) is 12.7 Å². The highest BCUT2D eigenvalue weighted by Gasteiger charge is 2.36. The number of alkyl halides is 3. The maximum absolute atomic E-state index is 14.0. The SMILES string of the molecule is N#Cc1ccc2c(ccn2Cc2noc(-c3cc(Cl)ccc3F)n2)c1C(F)(F)F. The second-order valence-electron chi connectivity index (χ2n) is 6.11. The minimum atomic E-state index is -4.68. The number of fused-ring (bicyclic) bond motifs is 1. The van der Waals surface area contributed by atoms with E-state index in [-0.39, 0.29) is 39.7 Å². The van der Waals surface area contributed by atoms with Crippen LogP contribution < -0.4 is 0 Å². The zero-order valence-corrected chi connectivity index (χ0v) is 15.1. The van der Waals surface area contributed by atoms with Crippen molar-refractivity contribution in [2.24, 2.45) is 0 Å². The fourth-order valence-electron chi connectivity index (χ4n) is 3.05. The summed E-state index contributed by atoms with van der Waals surface area (Å²) in [7, 11) is 0. The molecule has 146 valence electrons. The van der Waals surface area contributed by atoms with Crippen LogP contribution in [0.15, 0.2) is 47.1 Å². The van der Waals surface area contributed by atoms with Gasteiger partial charge in [0, 0.05) is 22.1 Å². The lowest BCUT2D eigenvalue weighted by Crippen LogP contribution is -2.09. The largest absolute Gasteiger partial charge is 0.418 e. The van der Waals surface area contributed by atoms with Gasteiger partial charge in [0.15, 0.2) is 5.82 Å². The third-order valence-electron chi connectivity index (χ3n) is 4.30. The van der Waals surface area contributed by atoms with Gasteiger partial charge in [0.1, 0.15) is 5.82 Å². The Morgan fingerprint density at radius 1 is 1.17 bits per heavy atom. The predicted molar refractivity (Wildman–Crippen MR) is 95.5 cm³/mol. The molecule has 0 unspecified atom stereocenters. The van der Waals surface area contributed by atoms with Crippen molar-refractivity contribution in [1.29, 1.82) is 5.26 Å². The summed E-state index contributed by atoms with van der Waals surface area (Å²) in [4.78, 5) is 4.10. The first-order valence-corrected chi connectivity index (χ1v) is 8.53. The minimum absolute atomic E-state index is 0.0155. The van der Waals surface area contributed by atoms with Gasteiger partial charge in [-0.2, -0.15) is 23.4 Å². The fourth-order valence-corrected chi connectivity index (χ4v) is 3.22. The maximum Gasteiger partial charge on any atom is 0.418 e. The Morgan fingerprint density at radius 2 is 1.97 bits per heavy atom. The van der Waals surface area contributed by atoms with Crippen LogP contribution in [-0.4, -0.2) is 14.7 Å². The van der Waals surface area contributed by atoms with Crippen LogP contribution in [0.1, 0.15) is 17.0 Å². The lowest BCUT2D eigenvalue weighted by molar-refractivity contribution is -0.136. The number of nitriles is 1.